The van der Waals surface area contributed by atoms with E-state index in [9.17, 15) is 0 Å². The van der Waals surface area contributed by atoms with E-state index in [1.54, 1.807) is 0 Å². The summed E-state index contributed by atoms with van der Waals surface area (Å²) >= 11 is 6.04. The highest BCUT2D eigenvalue weighted by atomic mass is 35.5. The Bertz CT molecular complexity index is 143. The maximum absolute atomic E-state index is 6.04. The standard InChI is InChI=1S/C11H25ClOSi/c1-11(2,3)9-7-6-8-10(12)13-14(4)5/h10,14H,6-9H2,1-5H3. The first kappa shape index (κ1) is 14.5. The number of unbranched alkanes of at least 4 members (excludes halogenated alkanes) is 1. The molecule has 0 aromatic carbocycles. The van der Waals surface area contributed by atoms with Gasteiger partial charge in [-0.3, -0.25) is 0 Å². The monoisotopic (exact) mass is 236 g/mol. The molecule has 0 fully saturated rings. The second kappa shape index (κ2) is 6.86. The van der Waals surface area contributed by atoms with Crippen LogP contribution in [0.4, 0.5) is 0 Å². The molecule has 0 saturated carbocycles. The molecule has 0 saturated heterocycles. The smallest absolute Gasteiger partial charge is 0.172 e. The molecular weight excluding hydrogens is 212 g/mol. The summed E-state index contributed by atoms with van der Waals surface area (Å²) in [6.07, 6.45) is 4.72. The minimum absolute atomic E-state index is 0.0402. The quantitative estimate of drug-likeness (QED) is 0.382. The number of hydrogen-bond acceptors (Lipinski definition) is 1. The topological polar surface area (TPSA) is 9.23 Å². The van der Waals surface area contributed by atoms with Crippen molar-refractivity contribution >= 4 is 20.6 Å². The zero-order chi connectivity index (χ0) is 11.2. The third kappa shape index (κ3) is 10.5. The molecule has 0 aliphatic carbocycles. The Labute approximate surface area is 95.9 Å². The van der Waals surface area contributed by atoms with Crippen LogP contribution in [0.5, 0.6) is 0 Å². The zero-order valence-corrected chi connectivity index (χ0v) is 12.2. The van der Waals surface area contributed by atoms with Gasteiger partial charge < -0.3 is 4.43 Å². The average Bonchev–Trinajstić information content (AvgIpc) is 1.95. The molecule has 0 amide bonds. The van der Waals surface area contributed by atoms with Crippen molar-refractivity contribution in [3.05, 3.63) is 0 Å². The summed E-state index contributed by atoms with van der Waals surface area (Å²) in [5, 5.41) is 0. The highest BCUT2D eigenvalue weighted by molar-refractivity contribution is 6.49. The van der Waals surface area contributed by atoms with Crippen molar-refractivity contribution < 1.29 is 4.43 Å². The van der Waals surface area contributed by atoms with E-state index in [0.717, 1.165) is 6.42 Å². The molecule has 0 aliphatic heterocycles. The summed E-state index contributed by atoms with van der Waals surface area (Å²) in [4.78, 5) is 0. The number of rotatable bonds is 6. The fourth-order valence-electron chi connectivity index (χ4n) is 1.32. The van der Waals surface area contributed by atoms with Gasteiger partial charge >= 0.3 is 0 Å². The van der Waals surface area contributed by atoms with E-state index in [1.165, 1.54) is 19.3 Å². The average molecular weight is 237 g/mol. The zero-order valence-electron chi connectivity index (χ0n) is 10.3. The van der Waals surface area contributed by atoms with E-state index in [2.05, 4.69) is 33.9 Å². The molecule has 0 aliphatic rings. The van der Waals surface area contributed by atoms with Gasteiger partial charge in [-0.1, -0.05) is 38.8 Å². The van der Waals surface area contributed by atoms with Crippen molar-refractivity contribution in [2.75, 3.05) is 0 Å². The first-order valence-corrected chi connectivity index (χ1v) is 8.82. The minimum Gasteiger partial charge on any atom is -0.405 e. The lowest BCUT2D eigenvalue weighted by molar-refractivity contribution is 0.264. The summed E-state index contributed by atoms with van der Waals surface area (Å²) in [6, 6.07) is 0. The van der Waals surface area contributed by atoms with E-state index in [1.807, 2.05) is 0 Å². The largest absolute Gasteiger partial charge is 0.405 e. The van der Waals surface area contributed by atoms with E-state index < -0.39 is 9.04 Å². The Balaban J connectivity index is 3.36. The van der Waals surface area contributed by atoms with Crippen LogP contribution in [0.15, 0.2) is 0 Å². The fourth-order valence-corrected chi connectivity index (χ4v) is 2.82. The number of halogens is 1. The summed E-state index contributed by atoms with van der Waals surface area (Å²) in [5.74, 6) is 0. The summed E-state index contributed by atoms with van der Waals surface area (Å²) in [6.45, 7) is 11.2. The van der Waals surface area contributed by atoms with Gasteiger partial charge in [-0.2, -0.15) is 0 Å². The highest BCUT2D eigenvalue weighted by Crippen LogP contribution is 2.23. The molecule has 0 rings (SSSR count). The van der Waals surface area contributed by atoms with Gasteiger partial charge in [0.2, 0.25) is 0 Å². The molecule has 0 N–H and O–H groups in total. The number of alkyl halides is 1. The van der Waals surface area contributed by atoms with Crippen LogP contribution in [0.3, 0.4) is 0 Å². The Hall–Kier alpha value is 0.467. The molecule has 1 atom stereocenters. The van der Waals surface area contributed by atoms with E-state index in [-0.39, 0.29) is 5.56 Å². The van der Waals surface area contributed by atoms with Crippen molar-refractivity contribution in [2.24, 2.45) is 5.41 Å². The molecule has 14 heavy (non-hydrogen) atoms. The number of hydrogen-bond donors (Lipinski definition) is 0. The first-order valence-electron chi connectivity index (χ1n) is 5.61. The Morgan fingerprint density at radius 1 is 1.21 bits per heavy atom. The van der Waals surface area contributed by atoms with Crippen molar-refractivity contribution in [3.63, 3.8) is 0 Å². The van der Waals surface area contributed by atoms with Crippen LogP contribution in [-0.4, -0.2) is 14.6 Å². The molecule has 0 spiro atoms. The van der Waals surface area contributed by atoms with Crippen LogP contribution in [0.2, 0.25) is 13.1 Å². The summed E-state index contributed by atoms with van der Waals surface area (Å²) < 4.78 is 5.59. The molecule has 0 heterocycles. The van der Waals surface area contributed by atoms with Crippen LogP contribution in [0.1, 0.15) is 46.5 Å². The summed E-state index contributed by atoms with van der Waals surface area (Å²) in [7, 11) is -0.945. The second-order valence-corrected chi connectivity index (χ2v) is 8.26. The highest BCUT2D eigenvalue weighted by Gasteiger charge is 2.11. The molecule has 0 bridgehead atoms. The van der Waals surface area contributed by atoms with Gasteiger partial charge in [0.05, 0.1) is 0 Å². The van der Waals surface area contributed by atoms with Crippen molar-refractivity contribution in [2.45, 2.75) is 65.1 Å². The van der Waals surface area contributed by atoms with Gasteiger partial charge in [0, 0.05) is 0 Å². The minimum atomic E-state index is -0.945. The molecule has 0 radical (unpaired) electrons. The van der Waals surface area contributed by atoms with Gasteiger partial charge in [0.15, 0.2) is 9.04 Å². The lowest BCUT2D eigenvalue weighted by Gasteiger charge is -2.18. The molecular formula is C11H25ClOSi. The predicted molar refractivity (Wildman–Crippen MR) is 67.5 cm³/mol. The van der Waals surface area contributed by atoms with Gasteiger partial charge in [0.25, 0.3) is 0 Å². The van der Waals surface area contributed by atoms with Crippen LogP contribution in [-0.2, 0) is 4.43 Å². The maximum Gasteiger partial charge on any atom is 0.172 e. The van der Waals surface area contributed by atoms with Gasteiger partial charge in [-0.15, -0.1) is 0 Å². The first-order chi connectivity index (χ1) is 6.31. The van der Waals surface area contributed by atoms with E-state index >= 15 is 0 Å². The Morgan fingerprint density at radius 2 is 1.79 bits per heavy atom. The molecule has 1 nitrogen and oxygen atoms in total. The fraction of sp³-hybridized carbons (Fsp3) is 1.00. The van der Waals surface area contributed by atoms with Gasteiger partial charge in [-0.05, 0) is 37.8 Å². The molecule has 0 aromatic rings. The molecule has 1 unspecified atom stereocenters. The molecule has 3 heteroatoms. The van der Waals surface area contributed by atoms with Crippen LogP contribution >= 0.6 is 11.6 Å². The second-order valence-electron chi connectivity index (χ2n) is 5.40. The lowest BCUT2D eigenvalue weighted by atomic mass is 9.89. The lowest BCUT2D eigenvalue weighted by Crippen LogP contribution is -2.15. The van der Waals surface area contributed by atoms with Crippen LogP contribution in [0.25, 0.3) is 0 Å². The third-order valence-electron chi connectivity index (χ3n) is 2.03. The van der Waals surface area contributed by atoms with E-state index in [0.29, 0.717) is 5.41 Å². The summed E-state index contributed by atoms with van der Waals surface area (Å²) in [5.41, 5.74) is 0.414. The molecule has 0 aromatic heterocycles. The van der Waals surface area contributed by atoms with Crippen LogP contribution < -0.4 is 0 Å². The van der Waals surface area contributed by atoms with Gasteiger partial charge in [0.1, 0.15) is 5.56 Å². The molecule has 86 valence electrons. The van der Waals surface area contributed by atoms with Crippen molar-refractivity contribution in [3.8, 4) is 0 Å². The third-order valence-corrected chi connectivity index (χ3v) is 3.39. The SMILES string of the molecule is C[SiH](C)OC(Cl)CCCCC(C)(C)C. The normalized spacial score (nSPS) is 14.8. The van der Waals surface area contributed by atoms with Crippen molar-refractivity contribution in [1.82, 2.24) is 0 Å². The Kier molecular flexibility index (Phi) is 7.09. The van der Waals surface area contributed by atoms with Gasteiger partial charge in [-0.25, -0.2) is 0 Å². The van der Waals surface area contributed by atoms with Crippen molar-refractivity contribution in [1.29, 1.82) is 0 Å². The maximum atomic E-state index is 6.04. The predicted octanol–water partition coefficient (Wildman–Crippen LogP) is 4.16. The Morgan fingerprint density at radius 3 is 2.21 bits per heavy atom. The van der Waals surface area contributed by atoms with Crippen LogP contribution in [0, 0.1) is 5.41 Å². The van der Waals surface area contributed by atoms with E-state index in [4.69, 9.17) is 16.0 Å².